The van der Waals surface area contributed by atoms with Crippen LogP contribution in [0.2, 0.25) is 0 Å². The first-order valence-corrected chi connectivity index (χ1v) is 10.9. The molecular weight excluding hydrogens is 432 g/mol. The molecule has 1 N–H and O–H groups in total. The molecule has 3 aromatic rings. The fraction of sp³-hybridized carbons (Fsp3) is 0.148. The van der Waals surface area contributed by atoms with Gasteiger partial charge >= 0.3 is 0 Å². The number of carbonyl (C=O) groups is 2. The predicted molar refractivity (Wildman–Crippen MR) is 130 cm³/mol. The maximum absolute atomic E-state index is 13.2. The van der Waals surface area contributed by atoms with Crippen molar-refractivity contribution in [2.75, 3.05) is 31.7 Å². The van der Waals surface area contributed by atoms with E-state index in [0.717, 1.165) is 5.56 Å². The van der Waals surface area contributed by atoms with Gasteiger partial charge in [0.2, 0.25) is 0 Å². The van der Waals surface area contributed by atoms with E-state index in [2.05, 4.69) is 10.3 Å². The lowest BCUT2D eigenvalue weighted by Crippen LogP contribution is -2.20. The summed E-state index contributed by atoms with van der Waals surface area (Å²) in [7, 11) is 0. The topological polar surface area (TPSA) is 86.8 Å². The van der Waals surface area contributed by atoms with Gasteiger partial charge in [0.1, 0.15) is 30.5 Å². The van der Waals surface area contributed by atoms with Crippen molar-refractivity contribution in [1.29, 1.82) is 0 Å². The van der Waals surface area contributed by atoms with E-state index in [-0.39, 0.29) is 5.57 Å². The van der Waals surface area contributed by atoms with Crippen LogP contribution < -0.4 is 14.8 Å². The maximum Gasteiger partial charge on any atom is 0.260 e. The Morgan fingerprint density at radius 1 is 0.765 bits per heavy atom. The van der Waals surface area contributed by atoms with Crippen LogP contribution in [0.25, 0.3) is 12.2 Å². The highest BCUT2D eigenvalue weighted by Gasteiger charge is 2.18. The van der Waals surface area contributed by atoms with Gasteiger partial charge in [-0.15, -0.1) is 0 Å². The van der Waals surface area contributed by atoms with Crippen molar-refractivity contribution < 1.29 is 23.8 Å². The number of para-hydroxylation sites is 2. The molecule has 7 nitrogen and oxygen atoms in total. The van der Waals surface area contributed by atoms with Gasteiger partial charge in [0, 0.05) is 17.3 Å². The van der Waals surface area contributed by atoms with Gasteiger partial charge in [-0.05, 0) is 42.5 Å². The van der Waals surface area contributed by atoms with Gasteiger partial charge in [-0.25, -0.2) is 4.98 Å². The molecule has 4 rings (SSSR count). The van der Waals surface area contributed by atoms with E-state index in [0.29, 0.717) is 49.3 Å². The van der Waals surface area contributed by atoms with E-state index in [1.807, 2.05) is 36.4 Å². The lowest BCUT2D eigenvalue weighted by molar-refractivity contribution is -0.117. The molecule has 1 amide bonds. The normalized spacial score (nSPS) is 17.1. The van der Waals surface area contributed by atoms with Crippen molar-refractivity contribution in [2.24, 2.45) is 0 Å². The van der Waals surface area contributed by atoms with E-state index in [1.165, 1.54) is 12.2 Å². The van der Waals surface area contributed by atoms with Crippen LogP contribution in [-0.2, 0) is 14.3 Å². The first-order chi connectivity index (χ1) is 16.7. The summed E-state index contributed by atoms with van der Waals surface area (Å²) < 4.78 is 17.2. The van der Waals surface area contributed by atoms with Crippen LogP contribution in [0.5, 0.6) is 11.5 Å². The average Bonchev–Trinajstić information content (AvgIpc) is 2.86. The van der Waals surface area contributed by atoms with E-state index >= 15 is 0 Å². The molecule has 0 bridgehead atoms. The van der Waals surface area contributed by atoms with Crippen LogP contribution in [0.1, 0.15) is 11.1 Å². The van der Waals surface area contributed by atoms with Crippen molar-refractivity contribution in [3.8, 4) is 11.5 Å². The number of anilines is 1. The fourth-order valence-electron chi connectivity index (χ4n) is 3.28. The molecule has 0 atom stereocenters. The second-order valence-electron chi connectivity index (χ2n) is 7.31. The third-order valence-electron chi connectivity index (χ3n) is 4.94. The van der Waals surface area contributed by atoms with Crippen molar-refractivity contribution >= 4 is 29.7 Å². The quantitative estimate of drug-likeness (QED) is 0.583. The summed E-state index contributed by atoms with van der Waals surface area (Å²) in [4.78, 5) is 30.4. The fourth-order valence-corrected chi connectivity index (χ4v) is 3.28. The first kappa shape index (κ1) is 22.9. The Balaban J connectivity index is 1.72. The van der Waals surface area contributed by atoms with Crippen molar-refractivity contribution in [1.82, 2.24) is 4.98 Å². The molecule has 7 heteroatoms. The Labute approximate surface area is 197 Å². The van der Waals surface area contributed by atoms with Crippen molar-refractivity contribution in [2.45, 2.75) is 0 Å². The van der Waals surface area contributed by atoms with Gasteiger partial charge in [-0.2, -0.15) is 0 Å². The highest BCUT2D eigenvalue weighted by atomic mass is 16.5. The number of pyridine rings is 1. The molecule has 2 aromatic carbocycles. The second kappa shape index (κ2) is 11.6. The number of rotatable bonds is 2. The number of nitrogens with zero attached hydrogens (tertiary/aromatic N) is 1. The van der Waals surface area contributed by atoms with E-state index in [1.54, 1.807) is 42.6 Å². The Bertz CT molecular complexity index is 1200. The van der Waals surface area contributed by atoms with Crippen LogP contribution >= 0.6 is 0 Å². The summed E-state index contributed by atoms with van der Waals surface area (Å²) in [5.74, 6) is 0.468. The minimum Gasteiger partial charge on any atom is -0.491 e. The monoisotopic (exact) mass is 456 g/mol. The molecule has 0 unspecified atom stereocenters. The molecule has 34 heavy (non-hydrogen) atoms. The van der Waals surface area contributed by atoms with Crippen LogP contribution in [0.3, 0.4) is 0 Å². The number of allylic oxidation sites excluding steroid dienone is 1. The van der Waals surface area contributed by atoms with E-state index in [4.69, 9.17) is 14.2 Å². The Morgan fingerprint density at radius 3 is 2.12 bits per heavy atom. The Kier molecular flexibility index (Phi) is 7.82. The maximum atomic E-state index is 13.2. The zero-order valence-electron chi connectivity index (χ0n) is 18.5. The van der Waals surface area contributed by atoms with Gasteiger partial charge in [-0.1, -0.05) is 42.5 Å². The van der Waals surface area contributed by atoms with Gasteiger partial charge in [0.05, 0.1) is 18.8 Å². The number of ether oxygens (including phenoxy) is 3. The van der Waals surface area contributed by atoms with Crippen LogP contribution in [0.15, 0.2) is 84.6 Å². The summed E-state index contributed by atoms with van der Waals surface area (Å²) in [6, 6.07) is 19.7. The van der Waals surface area contributed by atoms with Gasteiger partial charge in [-0.3, -0.25) is 9.59 Å². The molecular formula is C27H24N2O5. The van der Waals surface area contributed by atoms with Gasteiger partial charge < -0.3 is 19.5 Å². The van der Waals surface area contributed by atoms with Crippen LogP contribution in [0.4, 0.5) is 5.82 Å². The minimum atomic E-state index is -0.572. The highest BCUT2D eigenvalue weighted by Crippen LogP contribution is 2.24. The zero-order valence-corrected chi connectivity index (χ0v) is 18.5. The van der Waals surface area contributed by atoms with Crippen LogP contribution in [-0.4, -0.2) is 43.1 Å². The number of fused-ring (bicyclic) bond motifs is 2. The molecule has 2 heterocycles. The summed E-state index contributed by atoms with van der Waals surface area (Å²) in [5.41, 5.74) is 1.27. The number of hydrogen-bond donors (Lipinski definition) is 1. The molecule has 1 aromatic heterocycles. The molecule has 1 aliphatic rings. The standard InChI is InChI=1S/C27H24N2O5/c30-23-13-12-20-7-1-3-9-24(20)33-17-15-32-16-18-34-25-10-4-2-8-21(25)19-22(23)27(31)29-26-11-5-6-14-28-26/h1-14,19H,15-18H2,(H,28,29,31)/b13-12+,22-19-. The van der Waals surface area contributed by atoms with Crippen LogP contribution in [0, 0.1) is 0 Å². The molecule has 0 aliphatic carbocycles. The predicted octanol–water partition coefficient (Wildman–Crippen LogP) is 4.17. The lowest BCUT2D eigenvalue weighted by atomic mass is 10.0. The average molecular weight is 456 g/mol. The number of hydrogen-bond acceptors (Lipinski definition) is 6. The number of amides is 1. The zero-order chi connectivity index (χ0) is 23.6. The smallest absolute Gasteiger partial charge is 0.260 e. The van der Waals surface area contributed by atoms with Gasteiger partial charge in [0.25, 0.3) is 5.91 Å². The third kappa shape index (κ3) is 6.17. The molecule has 1 aliphatic heterocycles. The molecule has 0 spiro atoms. The minimum absolute atomic E-state index is 0.0558. The SMILES string of the molecule is O=C1/C=C/c2ccccc2OCCOCCOc2ccccc2/C=C/1C(=O)Nc1ccccn1. The summed E-state index contributed by atoms with van der Waals surface area (Å²) in [5, 5.41) is 2.69. The Morgan fingerprint density at radius 2 is 1.41 bits per heavy atom. The largest absolute Gasteiger partial charge is 0.491 e. The third-order valence-corrected chi connectivity index (χ3v) is 4.94. The van der Waals surface area contributed by atoms with E-state index in [9.17, 15) is 9.59 Å². The molecule has 172 valence electrons. The molecule has 0 saturated heterocycles. The number of aromatic nitrogens is 1. The first-order valence-electron chi connectivity index (χ1n) is 10.9. The molecule has 0 radical (unpaired) electrons. The number of carbonyl (C=O) groups excluding carboxylic acids is 2. The molecule has 0 fully saturated rings. The number of benzene rings is 2. The van der Waals surface area contributed by atoms with Crippen molar-refractivity contribution in [3.05, 3.63) is 95.7 Å². The Hall–Kier alpha value is -4.23. The summed E-state index contributed by atoms with van der Waals surface area (Å²) in [6.45, 7) is 1.44. The highest BCUT2D eigenvalue weighted by molar-refractivity contribution is 6.30. The van der Waals surface area contributed by atoms with Crippen molar-refractivity contribution in [3.63, 3.8) is 0 Å². The number of nitrogens with one attached hydrogen (secondary N) is 1. The second-order valence-corrected chi connectivity index (χ2v) is 7.31. The van der Waals surface area contributed by atoms with Gasteiger partial charge in [0.15, 0.2) is 5.78 Å². The molecule has 0 saturated carbocycles. The number of ketones is 1. The lowest BCUT2D eigenvalue weighted by Gasteiger charge is -2.13. The summed E-state index contributed by atoms with van der Waals surface area (Å²) >= 11 is 0. The summed E-state index contributed by atoms with van der Waals surface area (Å²) in [6.07, 6.45) is 6.08. The van der Waals surface area contributed by atoms with E-state index < -0.39 is 11.7 Å².